The Labute approximate surface area is 154 Å². The quantitative estimate of drug-likeness (QED) is 0.671. The van der Waals surface area contributed by atoms with Crippen LogP contribution in [0.25, 0.3) is 0 Å². The SMILES string of the molecule is CCN(C(=O)C[C@@H](NC(=O)OC(C)(C)C)C(C)C)N(C(C)C)C(C)C. The van der Waals surface area contributed by atoms with Gasteiger partial charge in [-0.05, 0) is 61.3 Å². The van der Waals surface area contributed by atoms with Crippen LogP contribution in [-0.4, -0.2) is 52.3 Å². The Morgan fingerprint density at radius 2 is 1.48 bits per heavy atom. The van der Waals surface area contributed by atoms with Gasteiger partial charge in [0.2, 0.25) is 5.91 Å². The summed E-state index contributed by atoms with van der Waals surface area (Å²) in [6.07, 6.45) is -0.229. The predicted molar refractivity (Wildman–Crippen MR) is 102 cm³/mol. The van der Waals surface area contributed by atoms with E-state index < -0.39 is 11.7 Å². The zero-order valence-electron chi connectivity index (χ0n) is 17.8. The van der Waals surface area contributed by atoms with Crippen molar-refractivity contribution in [3.8, 4) is 0 Å². The highest BCUT2D eigenvalue weighted by molar-refractivity contribution is 5.77. The standard InChI is InChI=1S/C19H39N3O3/c1-11-21(22(14(4)5)15(6)7)17(23)12-16(13(2)3)20-18(24)25-19(8,9)10/h13-16H,11-12H2,1-10H3,(H,20,24)/t16-/m1/s1. The Morgan fingerprint density at radius 1 is 1.00 bits per heavy atom. The van der Waals surface area contributed by atoms with Crippen LogP contribution >= 0.6 is 0 Å². The number of ether oxygens (including phenoxy) is 1. The fourth-order valence-electron chi connectivity index (χ4n) is 2.83. The molecule has 0 unspecified atom stereocenters. The van der Waals surface area contributed by atoms with Gasteiger partial charge in [-0.1, -0.05) is 13.8 Å². The number of nitrogens with one attached hydrogen (secondary N) is 1. The van der Waals surface area contributed by atoms with Gasteiger partial charge >= 0.3 is 6.09 Å². The molecule has 0 aliphatic carbocycles. The molecule has 0 saturated heterocycles. The third kappa shape index (κ3) is 8.56. The maximum Gasteiger partial charge on any atom is 0.407 e. The van der Waals surface area contributed by atoms with Crippen LogP contribution in [0.15, 0.2) is 0 Å². The van der Waals surface area contributed by atoms with E-state index in [1.54, 1.807) is 5.01 Å². The molecular formula is C19H39N3O3. The molecule has 0 aromatic rings. The van der Waals surface area contributed by atoms with Crippen molar-refractivity contribution in [1.82, 2.24) is 15.3 Å². The first-order chi connectivity index (χ1) is 11.3. The lowest BCUT2D eigenvalue weighted by Crippen LogP contribution is -2.54. The number of carbonyl (C=O) groups is 2. The number of hydrogen-bond donors (Lipinski definition) is 1. The summed E-state index contributed by atoms with van der Waals surface area (Å²) in [5.74, 6) is 0.140. The van der Waals surface area contributed by atoms with E-state index in [1.165, 1.54) is 0 Å². The molecule has 0 heterocycles. The second kappa shape index (κ2) is 10.00. The molecule has 0 radical (unpaired) electrons. The van der Waals surface area contributed by atoms with Crippen LogP contribution in [0.4, 0.5) is 4.79 Å². The highest BCUT2D eigenvalue weighted by Gasteiger charge is 2.29. The van der Waals surface area contributed by atoms with Gasteiger partial charge in [0.05, 0.1) is 0 Å². The van der Waals surface area contributed by atoms with E-state index >= 15 is 0 Å². The molecule has 2 amide bonds. The van der Waals surface area contributed by atoms with Crippen molar-refractivity contribution >= 4 is 12.0 Å². The van der Waals surface area contributed by atoms with E-state index in [9.17, 15) is 9.59 Å². The molecule has 0 saturated carbocycles. The molecule has 6 nitrogen and oxygen atoms in total. The van der Waals surface area contributed by atoms with Crippen LogP contribution in [0.2, 0.25) is 0 Å². The molecule has 0 aromatic carbocycles. The van der Waals surface area contributed by atoms with Crippen LogP contribution in [-0.2, 0) is 9.53 Å². The average molecular weight is 358 g/mol. The first-order valence-electron chi connectivity index (χ1n) is 9.38. The molecule has 1 atom stereocenters. The van der Waals surface area contributed by atoms with Crippen molar-refractivity contribution in [2.75, 3.05) is 6.54 Å². The third-order valence-electron chi connectivity index (χ3n) is 3.83. The van der Waals surface area contributed by atoms with E-state index in [-0.39, 0.29) is 36.4 Å². The first kappa shape index (κ1) is 23.7. The van der Waals surface area contributed by atoms with Crippen LogP contribution in [0.5, 0.6) is 0 Å². The Morgan fingerprint density at radius 3 is 1.80 bits per heavy atom. The van der Waals surface area contributed by atoms with Crippen LogP contribution in [0, 0.1) is 5.92 Å². The smallest absolute Gasteiger partial charge is 0.407 e. The van der Waals surface area contributed by atoms with Gasteiger partial charge in [-0.3, -0.25) is 9.80 Å². The minimum atomic E-state index is -0.558. The Hall–Kier alpha value is -1.30. The summed E-state index contributed by atoms with van der Waals surface area (Å²) in [5.41, 5.74) is -0.558. The maximum absolute atomic E-state index is 12.9. The summed E-state index contributed by atoms with van der Waals surface area (Å²) >= 11 is 0. The molecule has 0 spiro atoms. The highest BCUT2D eigenvalue weighted by Crippen LogP contribution is 2.16. The minimum Gasteiger partial charge on any atom is -0.444 e. The lowest BCUT2D eigenvalue weighted by atomic mass is 10.0. The van der Waals surface area contributed by atoms with E-state index in [1.807, 2.05) is 41.5 Å². The molecule has 6 heteroatoms. The zero-order chi connectivity index (χ0) is 19.9. The molecule has 1 N–H and O–H groups in total. The molecular weight excluding hydrogens is 318 g/mol. The molecule has 148 valence electrons. The lowest BCUT2D eigenvalue weighted by molar-refractivity contribution is -0.157. The molecule has 0 rings (SSSR count). The molecule has 0 fully saturated rings. The second-order valence-electron chi connectivity index (χ2n) is 8.38. The van der Waals surface area contributed by atoms with E-state index in [0.29, 0.717) is 6.54 Å². The summed E-state index contributed by atoms with van der Waals surface area (Å²) in [6, 6.07) is 0.179. The van der Waals surface area contributed by atoms with Gasteiger partial charge in [-0.2, -0.15) is 0 Å². The van der Waals surface area contributed by atoms with Gasteiger partial charge in [0, 0.05) is 31.1 Å². The van der Waals surface area contributed by atoms with Crippen LogP contribution in [0.3, 0.4) is 0 Å². The van der Waals surface area contributed by atoms with Gasteiger partial charge in [-0.25, -0.2) is 9.80 Å². The van der Waals surface area contributed by atoms with Gasteiger partial charge in [0.15, 0.2) is 0 Å². The Balaban J connectivity index is 5.11. The number of rotatable bonds is 8. The molecule has 0 aliphatic heterocycles. The molecule has 25 heavy (non-hydrogen) atoms. The van der Waals surface area contributed by atoms with E-state index in [2.05, 4.69) is 38.0 Å². The fourth-order valence-corrected chi connectivity index (χ4v) is 2.83. The first-order valence-corrected chi connectivity index (χ1v) is 9.38. The van der Waals surface area contributed by atoms with Crippen molar-refractivity contribution < 1.29 is 14.3 Å². The molecule has 0 bridgehead atoms. The monoisotopic (exact) mass is 357 g/mol. The Bertz CT molecular complexity index is 420. The van der Waals surface area contributed by atoms with Gasteiger partial charge in [0.25, 0.3) is 0 Å². The maximum atomic E-state index is 12.9. The van der Waals surface area contributed by atoms with E-state index in [0.717, 1.165) is 0 Å². The van der Waals surface area contributed by atoms with Crippen molar-refractivity contribution in [3.05, 3.63) is 0 Å². The van der Waals surface area contributed by atoms with Crippen molar-refractivity contribution in [2.45, 2.75) is 99.4 Å². The number of alkyl carbamates (subject to hydrolysis) is 1. The van der Waals surface area contributed by atoms with E-state index in [4.69, 9.17) is 4.74 Å². The number of hydrazine groups is 1. The number of carbonyl (C=O) groups excluding carboxylic acids is 2. The summed E-state index contributed by atoms with van der Waals surface area (Å²) in [7, 11) is 0. The topological polar surface area (TPSA) is 61.9 Å². The largest absolute Gasteiger partial charge is 0.444 e. The van der Waals surface area contributed by atoms with Crippen molar-refractivity contribution in [3.63, 3.8) is 0 Å². The lowest BCUT2D eigenvalue weighted by Gasteiger charge is -2.41. The zero-order valence-corrected chi connectivity index (χ0v) is 17.8. The van der Waals surface area contributed by atoms with Gasteiger partial charge in [-0.15, -0.1) is 0 Å². The van der Waals surface area contributed by atoms with Gasteiger partial charge in [0.1, 0.15) is 5.60 Å². The summed E-state index contributed by atoms with van der Waals surface area (Å²) < 4.78 is 5.33. The molecule has 0 aliphatic rings. The summed E-state index contributed by atoms with van der Waals surface area (Å²) in [6.45, 7) is 20.3. The summed E-state index contributed by atoms with van der Waals surface area (Å²) in [5, 5.41) is 6.74. The second-order valence-corrected chi connectivity index (χ2v) is 8.38. The van der Waals surface area contributed by atoms with Crippen LogP contribution in [0.1, 0.15) is 75.7 Å². The Kier molecular flexibility index (Phi) is 9.48. The highest BCUT2D eigenvalue weighted by atomic mass is 16.6. The number of amides is 2. The number of hydrogen-bond acceptors (Lipinski definition) is 4. The minimum absolute atomic E-state index is 0.0136. The van der Waals surface area contributed by atoms with Crippen molar-refractivity contribution in [1.29, 1.82) is 0 Å². The number of nitrogens with zero attached hydrogens (tertiary/aromatic N) is 2. The van der Waals surface area contributed by atoms with Crippen LogP contribution < -0.4 is 5.32 Å². The predicted octanol–water partition coefficient (Wildman–Crippen LogP) is 3.81. The van der Waals surface area contributed by atoms with Gasteiger partial charge < -0.3 is 10.1 Å². The molecule has 0 aromatic heterocycles. The normalized spacial score (nSPS) is 13.5. The fraction of sp³-hybridized carbons (Fsp3) is 0.895. The average Bonchev–Trinajstić information content (AvgIpc) is 2.40. The third-order valence-corrected chi connectivity index (χ3v) is 3.83. The summed E-state index contributed by atoms with van der Waals surface area (Å²) in [4.78, 5) is 25.0. The van der Waals surface area contributed by atoms with Crippen molar-refractivity contribution in [2.24, 2.45) is 5.92 Å².